The first-order valence-corrected chi connectivity index (χ1v) is 14.1. The molecule has 2 aliphatic rings. The highest BCUT2D eigenvalue weighted by atomic mass is 127. The molecule has 2 fully saturated rings. The summed E-state index contributed by atoms with van der Waals surface area (Å²) in [4.78, 5) is 28.9. The van der Waals surface area contributed by atoms with Gasteiger partial charge in [-0.1, -0.05) is 34.7 Å². The van der Waals surface area contributed by atoms with Crippen LogP contribution < -0.4 is 14.8 Å². The molecule has 1 saturated carbocycles. The number of amides is 1. The number of carbonyl (C=O) groups excluding carboxylic acids is 1. The molecule has 1 heterocycles. The number of ether oxygens (including phenoxy) is 3. The monoisotopic (exact) mass is 610 g/mol. The maximum atomic E-state index is 13.7. The summed E-state index contributed by atoms with van der Waals surface area (Å²) in [7, 11) is 3.59. The van der Waals surface area contributed by atoms with Crippen molar-refractivity contribution in [2.75, 3.05) is 45.5 Å². The van der Waals surface area contributed by atoms with Gasteiger partial charge >= 0.3 is 5.97 Å². The summed E-state index contributed by atoms with van der Waals surface area (Å²) in [6.07, 6.45) is 2.88. The highest BCUT2D eigenvalue weighted by Crippen LogP contribution is 2.46. The van der Waals surface area contributed by atoms with E-state index in [2.05, 4.69) is 32.8 Å². The zero-order chi connectivity index (χ0) is 26.2. The first-order chi connectivity index (χ1) is 17.4. The Morgan fingerprint density at radius 2 is 1.58 bits per heavy atom. The van der Waals surface area contributed by atoms with Crippen molar-refractivity contribution in [1.29, 1.82) is 0 Å². The van der Waals surface area contributed by atoms with Gasteiger partial charge in [0, 0.05) is 19.8 Å². The predicted molar refractivity (Wildman–Crippen MR) is 146 cm³/mol. The van der Waals surface area contributed by atoms with Crippen LogP contribution in [0.2, 0.25) is 0 Å². The van der Waals surface area contributed by atoms with Crippen molar-refractivity contribution in [2.24, 2.45) is 0 Å². The molecule has 1 aliphatic heterocycles. The van der Waals surface area contributed by atoms with E-state index >= 15 is 0 Å². The highest BCUT2D eigenvalue weighted by Gasteiger charge is 2.51. The molecule has 4 rings (SSSR count). The van der Waals surface area contributed by atoms with Gasteiger partial charge in [-0.25, -0.2) is 4.79 Å². The first kappa shape index (κ1) is 28.2. The normalized spacial score (nSPS) is 17.4. The van der Waals surface area contributed by atoms with Gasteiger partial charge in [-0.05, 0) is 79.6 Å². The molecule has 0 radical (unpaired) electrons. The Morgan fingerprint density at radius 3 is 2.11 bits per heavy atom. The second-order valence-corrected chi connectivity index (χ2v) is 9.01. The molecule has 0 aromatic heterocycles. The van der Waals surface area contributed by atoms with E-state index in [0.717, 1.165) is 29.9 Å². The lowest BCUT2D eigenvalue weighted by atomic mass is 9.86. The minimum Gasteiger partial charge on any atom is -0.497 e. The molecule has 0 unspecified atom stereocenters. The lowest BCUT2D eigenvalue weighted by Crippen LogP contribution is -2.62. The standard InChI is InChI=1S/C26H32N2O6.CH3I/c1-28(15-18-34-22-9-7-21(32-2)8-10-22)26(13-16-33-17-14-26)24(31)27-25(11-12-25)20-5-3-19(4-6-20)23(29)30;1-2/h3-10H,11-18H2,1-2H3,(H,27,31)(H,29,30);1H3. The van der Waals surface area contributed by atoms with Crippen LogP contribution in [-0.4, -0.2) is 72.9 Å². The first-order valence-electron chi connectivity index (χ1n) is 12.0. The summed E-state index contributed by atoms with van der Waals surface area (Å²) in [5, 5.41) is 12.5. The van der Waals surface area contributed by atoms with Crippen molar-refractivity contribution in [1.82, 2.24) is 10.2 Å². The summed E-state index contributed by atoms with van der Waals surface area (Å²) >= 11 is 2.15. The number of hydrogen-bond acceptors (Lipinski definition) is 6. The molecule has 9 heteroatoms. The average Bonchev–Trinajstić information content (AvgIpc) is 3.71. The number of likely N-dealkylation sites (N-methyl/N-ethyl adjacent to an activating group) is 1. The smallest absolute Gasteiger partial charge is 0.335 e. The quantitative estimate of drug-likeness (QED) is 0.309. The molecular formula is C27H35IN2O6. The summed E-state index contributed by atoms with van der Waals surface area (Å²) in [6.45, 7) is 2.08. The van der Waals surface area contributed by atoms with E-state index in [1.165, 1.54) is 0 Å². The number of halogens is 1. The summed E-state index contributed by atoms with van der Waals surface area (Å²) < 4.78 is 16.7. The van der Waals surface area contributed by atoms with E-state index in [1.807, 2.05) is 36.2 Å². The van der Waals surface area contributed by atoms with Gasteiger partial charge < -0.3 is 24.6 Å². The summed E-state index contributed by atoms with van der Waals surface area (Å²) in [5.74, 6) is 0.554. The molecule has 36 heavy (non-hydrogen) atoms. The van der Waals surface area contributed by atoms with Crippen LogP contribution in [0.5, 0.6) is 11.5 Å². The number of nitrogens with one attached hydrogen (secondary N) is 1. The second-order valence-electron chi connectivity index (χ2n) is 9.01. The van der Waals surface area contributed by atoms with Crippen molar-refractivity contribution in [3.63, 3.8) is 0 Å². The minimum absolute atomic E-state index is 0.0115. The maximum absolute atomic E-state index is 13.7. The number of alkyl halides is 1. The predicted octanol–water partition coefficient (Wildman–Crippen LogP) is 4.11. The number of benzene rings is 2. The lowest BCUT2D eigenvalue weighted by Gasteiger charge is -2.43. The number of carboxylic acids is 1. The average molecular weight is 610 g/mol. The fourth-order valence-corrected chi connectivity index (χ4v) is 4.55. The molecule has 1 aliphatic carbocycles. The molecule has 0 spiro atoms. The van der Waals surface area contributed by atoms with Crippen LogP contribution in [0.15, 0.2) is 48.5 Å². The van der Waals surface area contributed by atoms with Gasteiger partial charge in [-0.2, -0.15) is 0 Å². The SMILES string of the molecule is CI.COc1ccc(OCCN(C)C2(C(=O)NC3(c4ccc(C(=O)O)cc4)CC3)CCOCC2)cc1. The van der Waals surface area contributed by atoms with Gasteiger partial charge in [-0.15, -0.1) is 0 Å². The number of carbonyl (C=O) groups is 2. The Bertz CT molecular complexity index is 1000. The van der Waals surface area contributed by atoms with Crippen molar-refractivity contribution in [3.8, 4) is 11.5 Å². The van der Waals surface area contributed by atoms with E-state index in [4.69, 9.17) is 19.3 Å². The fraction of sp³-hybridized carbons (Fsp3) is 0.481. The maximum Gasteiger partial charge on any atom is 0.335 e. The van der Waals surface area contributed by atoms with Crippen LogP contribution in [0.3, 0.4) is 0 Å². The van der Waals surface area contributed by atoms with Crippen molar-refractivity contribution < 1.29 is 28.9 Å². The van der Waals surface area contributed by atoms with E-state index < -0.39 is 17.0 Å². The molecule has 8 nitrogen and oxygen atoms in total. The third-order valence-electron chi connectivity index (χ3n) is 7.02. The molecular weight excluding hydrogens is 575 g/mol. The third kappa shape index (κ3) is 6.49. The van der Waals surface area contributed by atoms with Crippen LogP contribution in [0.1, 0.15) is 41.6 Å². The number of carboxylic acid groups (broad SMARTS) is 1. The van der Waals surface area contributed by atoms with Crippen molar-refractivity contribution >= 4 is 34.5 Å². The van der Waals surface area contributed by atoms with Gasteiger partial charge in [0.25, 0.3) is 0 Å². The molecule has 1 saturated heterocycles. The molecule has 0 bridgehead atoms. The van der Waals surface area contributed by atoms with Gasteiger partial charge in [-0.3, -0.25) is 9.69 Å². The Morgan fingerprint density at radius 1 is 1.00 bits per heavy atom. The summed E-state index contributed by atoms with van der Waals surface area (Å²) in [5.41, 5.74) is 0.0692. The van der Waals surface area contributed by atoms with Crippen LogP contribution in [0.4, 0.5) is 0 Å². The Labute approximate surface area is 226 Å². The second kappa shape index (κ2) is 12.7. The largest absolute Gasteiger partial charge is 0.497 e. The van der Waals surface area contributed by atoms with Crippen LogP contribution >= 0.6 is 22.6 Å². The summed E-state index contributed by atoms with van der Waals surface area (Å²) in [6, 6.07) is 14.2. The van der Waals surface area contributed by atoms with Crippen LogP contribution in [-0.2, 0) is 15.1 Å². The fourth-order valence-electron chi connectivity index (χ4n) is 4.55. The van der Waals surface area contributed by atoms with Crippen LogP contribution in [0, 0.1) is 0 Å². The minimum atomic E-state index is -0.958. The van der Waals surface area contributed by atoms with Crippen molar-refractivity contribution in [2.45, 2.75) is 36.8 Å². The molecule has 2 aromatic rings. The number of hydrogen-bond donors (Lipinski definition) is 2. The van der Waals surface area contributed by atoms with E-state index in [9.17, 15) is 9.59 Å². The van der Waals surface area contributed by atoms with E-state index in [0.29, 0.717) is 39.2 Å². The molecule has 0 atom stereocenters. The Balaban J connectivity index is 0.00000176. The zero-order valence-corrected chi connectivity index (χ0v) is 23.2. The number of methoxy groups -OCH3 is 1. The molecule has 2 aromatic carbocycles. The third-order valence-corrected chi connectivity index (χ3v) is 7.02. The topological polar surface area (TPSA) is 97.3 Å². The Kier molecular flexibility index (Phi) is 9.98. The van der Waals surface area contributed by atoms with E-state index in [-0.39, 0.29) is 11.5 Å². The highest BCUT2D eigenvalue weighted by molar-refractivity contribution is 14.1. The Hall–Kier alpha value is -2.37. The van der Waals surface area contributed by atoms with Gasteiger partial charge in [0.1, 0.15) is 23.6 Å². The molecule has 196 valence electrons. The van der Waals surface area contributed by atoms with Gasteiger partial charge in [0.2, 0.25) is 5.91 Å². The number of aromatic carboxylic acids is 1. The lowest BCUT2D eigenvalue weighted by molar-refractivity contribution is -0.140. The number of nitrogens with zero attached hydrogens (tertiary/aromatic N) is 1. The van der Waals surface area contributed by atoms with Gasteiger partial charge in [0.15, 0.2) is 0 Å². The van der Waals surface area contributed by atoms with Gasteiger partial charge in [0.05, 0.1) is 18.2 Å². The van der Waals surface area contributed by atoms with Crippen molar-refractivity contribution in [3.05, 3.63) is 59.7 Å². The molecule has 1 amide bonds. The van der Waals surface area contributed by atoms with E-state index in [1.54, 1.807) is 31.4 Å². The van der Waals surface area contributed by atoms with Crippen LogP contribution in [0.25, 0.3) is 0 Å². The molecule has 2 N–H and O–H groups in total. The zero-order valence-electron chi connectivity index (χ0n) is 21.1. The number of rotatable bonds is 10.